The van der Waals surface area contributed by atoms with Gasteiger partial charge in [0.1, 0.15) is 0 Å². The van der Waals surface area contributed by atoms with E-state index in [1.165, 1.54) is 0 Å². The Morgan fingerprint density at radius 2 is 2.00 bits per heavy atom. The molecule has 0 heterocycles. The van der Waals surface area contributed by atoms with E-state index in [4.69, 9.17) is 0 Å². The smallest absolute Gasteiger partial charge is 0.0181 e. The highest BCUT2D eigenvalue weighted by Crippen LogP contribution is 2.25. The molecule has 3 nitrogen and oxygen atoms in total. The molecular formula is C9H20NO2S-. The van der Waals surface area contributed by atoms with Crippen molar-refractivity contribution in [2.24, 2.45) is 11.3 Å². The van der Waals surface area contributed by atoms with E-state index in [1.54, 1.807) is 0 Å². The van der Waals surface area contributed by atoms with Crippen molar-refractivity contribution >= 4 is 11.3 Å². The van der Waals surface area contributed by atoms with Gasteiger partial charge in [0, 0.05) is 17.8 Å². The molecule has 0 aromatic rings. The normalized spacial score (nSPS) is 17.0. The molecule has 80 valence electrons. The Bertz CT molecular complexity index is 165. The summed E-state index contributed by atoms with van der Waals surface area (Å²) in [5.41, 5.74) is 0.329. The van der Waals surface area contributed by atoms with E-state index < -0.39 is 11.3 Å². The van der Waals surface area contributed by atoms with E-state index in [1.807, 2.05) is 0 Å². The van der Waals surface area contributed by atoms with Crippen LogP contribution >= 0.6 is 0 Å². The number of hydrogen-bond acceptors (Lipinski definition) is 2. The van der Waals surface area contributed by atoms with Crippen molar-refractivity contribution in [3.8, 4) is 0 Å². The van der Waals surface area contributed by atoms with E-state index in [2.05, 4.69) is 32.4 Å². The van der Waals surface area contributed by atoms with Crippen LogP contribution in [0.15, 0.2) is 0 Å². The summed E-state index contributed by atoms with van der Waals surface area (Å²) in [6.07, 6.45) is 2.03. The minimum Gasteiger partial charge on any atom is -0.760 e. The number of nitrogens with one attached hydrogen (secondary N) is 1. The third-order valence-corrected chi connectivity index (χ3v) is 2.26. The predicted octanol–water partition coefficient (Wildman–Crippen LogP) is 1.83. The van der Waals surface area contributed by atoms with Crippen LogP contribution < -0.4 is 4.72 Å². The summed E-state index contributed by atoms with van der Waals surface area (Å²) in [5.74, 6) is 0.566. The van der Waals surface area contributed by atoms with Crippen molar-refractivity contribution in [1.29, 1.82) is 0 Å². The van der Waals surface area contributed by atoms with Gasteiger partial charge in [0.25, 0.3) is 0 Å². The summed E-state index contributed by atoms with van der Waals surface area (Å²) < 4.78 is 22.7. The van der Waals surface area contributed by atoms with Gasteiger partial charge in [0.15, 0.2) is 0 Å². The Morgan fingerprint density at radius 1 is 1.46 bits per heavy atom. The molecule has 4 heteroatoms. The summed E-state index contributed by atoms with van der Waals surface area (Å²) in [6, 6.07) is 0. The number of hydrogen-bond donors (Lipinski definition) is 1. The first-order chi connectivity index (χ1) is 5.81. The highest BCUT2D eigenvalue weighted by molar-refractivity contribution is 7.77. The van der Waals surface area contributed by atoms with E-state index in [-0.39, 0.29) is 0 Å². The van der Waals surface area contributed by atoms with Crippen molar-refractivity contribution in [3.05, 3.63) is 0 Å². The topological polar surface area (TPSA) is 52.2 Å². The SMILES string of the molecule is CC(CCNS(=O)[O-])CC(C)(C)C. The van der Waals surface area contributed by atoms with Crippen molar-refractivity contribution in [3.63, 3.8) is 0 Å². The minimum atomic E-state index is -2.11. The summed E-state index contributed by atoms with van der Waals surface area (Å²) in [5, 5.41) is 0. The Balaban J connectivity index is 3.52. The molecule has 0 aliphatic heterocycles. The van der Waals surface area contributed by atoms with Gasteiger partial charge in [-0.05, 0) is 24.2 Å². The maximum Gasteiger partial charge on any atom is 0.0181 e. The molecule has 0 aliphatic carbocycles. The molecule has 2 unspecified atom stereocenters. The minimum absolute atomic E-state index is 0.329. The lowest BCUT2D eigenvalue weighted by molar-refractivity contribution is 0.297. The van der Waals surface area contributed by atoms with Crippen LogP contribution in [-0.4, -0.2) is 15.3 Å². The van der Waals surface area contributed by atoms with E-state index in [0.29, 0.717) is 17.9 Å². The van der Waals surface area contributed by atoms with Crippen LogP contribution in [0.5, 0.6) is 0 Å². The number of rotatable bonds is 5. The first-order valence-electron chi connectivity index (χ1n) is 4.64. The lowest BCUT2D eigenvalue weighted by Crippen LogP contribution is -2.21. The van der Waals surface area contributed by atoms with Gasteiger partial charge in [-0.2, -0.15) is 0 Å². The zero-order valence-electron chi connectivity index (χ0n) is 8.92. The molecule has 0 radical (unpaired) electrons. The van der Waals surface area contributed by atoms with Crippen LogP contribution in [0.25, 0.3) is 0 Å². The zero-order chi connectivity index (χ0) is 10.5. The second kappa shape index (κ2) is 5.73. The molecule has 0 saturated heterocycles. The monoisotopic (exact) mass is 206 g/mol. The van der Waals surface area contributed by atoms with Gasteiger partial charge < -0.3 is 4.55 Å². The van der Waals surface area contributed by atoms with Crippen LogP contribution in [0.2, 0.25) is 0 Å². The van der Waals surface area contributed by atoms with Crippen LogP contribution in [0, 0.1) is 11.3 Å². The fraction of sp³-hybridized carbons (Fsp3) is 1.00. The predicted molar refractivity (Wildman–Crippen MR) is 54.8 cm³/mol. The molecule has 1 N–H and O–H groups in total. The highest BCUT2D eigenvalue weighted by atomic mass is 32.2. The standard InChI is InChI=1S/C9H21NO2S/c1-8(7-9(2,3)4)5-6-10-13(11)12/h8,10H,5-7H2,1-4H3,(H,11,12)/p-1. The largest absolute Gasteiger partial charge is 0.760 e. The lowest BCUT2D eigenvalue weighted by atomic mass is 9.84. The Labute approximate surface area is 83.7 Å². The summed E-state index contributed by atoms with van der Waals surface area (Å²) in [4.78, 5) is 0. The zero-order valence-corrected chi connectivity index (χ0v) is 9.74. The van der Waals surface area contributed by atoms with E-state index in [9.17, 15) is 8.76 Å². The highest BCUT2D eigenvalue weighted by Gasteiger charge is 2.14. The van der Waals surface area contributed by atoms with Crippen molar-refractivity contribution in [2.45, 2.75) is 40.5 Å². The van der Waals surface area contributed by atoms with Gasteiger partial charge in [-0.1, -0.05) is 27.7 Å². The van der Waals surface area contributed by atoms with Crippen molar-refractivity contribution in [1.82, 2.24) is 4.72 Å². The van der Waals surface area contributed by atoms with Gasteiger partial charge in [-0.3, -0.25) is 4.21 Å². The van der Waals surface area contributed by atoms with Gasteiger partial charge in [0.05, 0.1) is 0 Å². The average molecular weight is 206 g/mol. The third-order valence-electron chi connectivity index (χ3n) is 1.82. The van der Waals surface area contributed by atoms with Crippen LogP contribution in [0.4, 0.5) is 0 Å². The van der Waals surface area contributed by atoms with Gasteiger partial charge >= 0.3 is 0 Å². The fourth-order valence-corrected chi connectivity index (χ4v) is 1.82. The van der Waals surface area contributed by atoms with Crippen molar-refractivity contribution < 1.29 is 8.76 Å². The third kappa shape index (κ3) is 9.99. The van der Waals surface area contributed by atoms with Gasteiger partial charge in [0.2, 0.25) is 0 Å². The Hall–Kier alpha value is 0.0700. The molecule has 2 atom stereocenters. The quantitative estimate of drug-likeness (QED) is 0.698. The molecule has 0 spiro atoms. The molecule has 0 saturated carbocycles. The molecule has 0 amide bonds. The molecule has 0 bridgehead atoms. The first kappa shape index (κ1) is 13.1. The lowest BCUT2D eigenvalue weighted by Gasteiger charge is -2.23. The van der Waals surface area contributed by atoms with Crippen LogP contribution in [0.1, 0.15) is 40.5 Å². The molecule has 13 heavy (non-hydrogen) atoms. The second-order valence-corrected chi connectivity index (χ2v) is 5.55. The molecule has 0 aromatic carbocycles. The van der Waals surface area contributed by atoms with Crippen molar-refractivity contribution in [2.75, 3.05) is 6.54 Å². The Kier molecular flexibility index (Phi) is 5.76. The molecule has 0 aliphatic rings. The summed E-state index contributed by atoms with van der Waals surface area (Å²) in [6.45, 7) is 9.29. The molecule has 0 rings (SSSR count). The molecule has 0 aromatic heterocycles. The fourth-order valence-electron chi connectivity index (χ4n) is 1.54. The Morgan fingerprint density at radius 3 is 2.38 bits per heavy atom. The van der Waals surface area contributed by atoms with E-state index >= 15 is 0 Å². The maximum absolute atomic E-state index is 10.2. The van der Waals surface area contributed by atoms with E-state index in [0.717, 1.165) is 12.8 Å². The summed E-state index contributed by atoms with van der Waals surface area (Å²) in [7, 11) is 0. The van der Waals surface area contributed by atoms with Gasteiger partial charge in [-0.25, -0.2) is 4.72 Å². The summed E-state index contributed by atoms with van der Waals surface area (Å²) >= 11 is -2.11. The maximum atomic E-state index is 10.2. The molecule has 0 fully saturated rings. The molecular weight excluding hydrogens is 186 g/mol. The first-order valence-corrected chi connectivity index (χ1v) is 5.71. The van der Waals surface area contributed by atoms with Crippen LogP contribution in [-0.2, 0) is 11.3 Å². The second-order valence-electron chi connectivity index (χ2n) is 4.79. The average Bonchev–Trinajstić information content (AvgIpc) is 1.81. The van der Waals surface area contributed by atoms with Crippen LogP contribution in [0.3, 0.4) is 0 Å². The van der Waals surface area contributed by atoms with Gasteiger partial charge in [-0.15, -0.1) is 0 Å².